The van der Waals surface area contributed by atoms with Gasteiger partial charge in [-0.3, -0.25) is 18.6 Å². The molecule has 0 radical (unpaired) electrons. The number of aromatic nitrogens is 4. The van der Waals surface area contributed by atoms with Crippen LogP contribution in [0.2, 0.25) is 0 Å². The number of hydrogen-bond acceptors (Lipinski definition) is 5. The number of aromatic amines is 1. The van der Waals surface area contributed by atoms with E-state index in [9.17, 15) is 14.0 Å². The quantitative estimate of drug-likeness (QED) is 0.357. The van der Waals surface area contributed by atoms with E-state index in [0.29, 0.717) is 34.6 Å². The van der Waals surface area contributed by atoms with Crippen molar-refractivity contribution >= 4 is 34.8 Å². The molecule has 8 nitrogen and oxygen atoms in total. The smallest absolute Gasteiger partial charge is 0.262 e. The Kier molecular flexibility index (Phi) is 5.60. The van der Waals surface area contributed by atoms with Gasteiger partial charge in [0.2, 0.25) is 16.5 Å². The average molecular weight is 436 g/mol. The summed E-state index contributed by atoms with van der Waals surface area (Å²) in [4.78, 5) is 25.1. The van der Waals surface area contributed by atoms with Crippen LogP contribution in [0.3, 0.4) is 0 Å². The number of halogens is 1. The normalized spacial score (nSPS) is 11.0. The molecule has 0 unspecified atom stereocenters. The van der Waals surface area contributed by atoms with E-state index in [1.165, 1.54) is 22.8 Å². The summed E-state index contributed by atoms with van der Waals surface area (Å²) in [5.41, 5.74) is 1.44. The molecule has 2 aromatic carbocycles. The highest BCUT2D eigenvalue weighted by Gasteiger charge is 2.14. The Morgan fingerprint density at radius 1 is 1.26 bits per heavy atom. The Bertz CT molecular complexity index is 1450. The standard InChI is InChI=1S/C21H17FN6O2S/c22-15-6-7-17-16(11-15)19(30)27(20-25-26-21(31)28(17)20)9-1-8-24-18(29)10-13-2-4-14(12-23)5-3-13/h2-7,11H,1,8-10H2,(H,24,29)(H,26,31). The van der Waals surface area contributed by atoms with Crippen molar-refractivity contribution in [2.45, 2.75) is 19.4 Å². The van der Waals surface area contributed by atoms with Crippen LogP contribution in [0.4, 0.5) is 4.39 Å². The summed E-state index contributed by atoms with van der Waals surface area (Å²) in [6.07, 6.45) is 0.662. The molecule has 0 fully saturated rings. The van der Waals surface area contributed by atoms with Gasteiger partial charge in [-0.25, -0.2) is 9.49 Å². The van der Waals surface area contributed by atoms with Crippen molar-refractivity contribution in [1.29, 1.82) is 5.26 Å². The molecule has 156 valence electrons. The molecular weight excluding hydrogens is 419 g/mol. The molecule has 2 heterocycles. The minimum Gasteiger partial charge on any atom is -0.356 e. The summed E-state index contributed by atoms with van der Waals surface area (Å²) < 4.78 is 17.0. The molecule has 0 bridgehead atoms. The van der Waals surface area contributed by atoms with Crippen LogP contribution in [-0.2, 0) is 17.8 Å². The van der Waals surface area contributed by atoms with Crippen LogP contribution >= 0.6 is 12.2 Å². The average Bonchev–Trinajstić information content (AvgIpc) is 3.15. The number of benzene rings is 2. The lowest BCUT2D eigenvalue weighted by atomic mass is 10.1. The van der Waals surface area contributed by atoms with Crippen LogP contribution in [0, 0.1) is 21.9 Å². The maximum Gasteiger partial charge on any atom is 0.262 e. The van der Waals surface area contributed by atoms with E-state index in [-0.39, 0.29) is 29.8 Å². The van der Waals surface area contributed by atoms with Gasteiger partial charge >= 0.3 is 0 Å². The van der Waals surface area contributed by atoms with Gasteiger partial charge in [-0.05, 0) is 54.5 Å². The minimum absolute atomic E-state index is 0.162. The maximum atomic E-state index is 13.7. The number of nitriles is 1. The molecule has 4 rings (SSSR count). The fraction of sp³-hybridized carbons (Fsp3) is 0.190. The molecule has 0 saturated carbocycles. The van der Waals surface area contributed by atoms with Crippen LogP contribution in [0.25, 0.3) is 16.7 Å². The molecule has 2 N–H and O–H groups in total. The second-order valence-corrected chi connectivity index (χ2v) is 7.36. The summed E-state index contributed by atoms with van der Waals surface area (Å²) in [5.74, 6) is -0.344. The first-order chi connectivity index (χ1) is 15.0. The Labute approximate surface area is 180 Å². The number of rotatable bonds is 6. The first kappa shape index (κ1) is 20.4. The second kappa shape index (κ2) is 8.49. The third kappa shape index (κ3) is 4.08. The van der Waals surface area contributed by atoms with Gasteiger partial charge in [0, 0.05) is 13.1 Å². The summed E-state index contributed by atoms with van der Waals surface area (Å²) in [7, 11) is 0. The number of amides is 1. The molecule has 0 saturated heterocycles. The van der Waals surface area contributed by atoms with E-state index in [1.54, 1.807) is 28.7 Å². The molecule has 31 heavy (non-hydrogen) atoms. The van der Waals surface area contributed by atoms with Gasteiger partial charge in [0.05, 0.1) is 29.0 Å². The maximum absolute atomic E-state index is 13.7. The second-order valence-electron chi connectivity index (χ2n) is 6.97. The summed E-state index contributed by atoms with van der Waals surface area (Å²) in [6.45, 7) is 0.617. The largest absolute Gasteiger partial charge is 0.356 e. The number of H-pyrrole nitrogens is 1. The molecule has 1 amide bonds. The minimum atomic E-state index is -0.513. The van der Waals surface area contributed by atoms with Crippen molar-refractivity contribution in [1.82, 2.24) is 24.5 Å². The number of nitrogens with one attached hydrogen (secondary N) is 2. The monoisotopic (exact) mass is 436 g/mol. The molecular formula is C21H17FN6O2S. The molecule has 4 aromatic rings. The van der Waals surface area contributed by atoms with E-state index in [4.69, 9.17) is 17.5 Å². The number of aryl methyl sites for hydroxylation is 1. The number of fused-ring (bicyclic) bond motifs is 3. The Morgan fingerprint density at radius 2 is 2.03 bits per heavy atom. The lowest BCUT2D eigenvalue weighted by Gasteiger charge is -2.11. The molecule has 0 aliphatic carbocycles. The van der Waals surface area contributed by atoms with Crippen LogP contribution in [0.1, 0.15) is 17.5 Å². The number of carbonyl (C=O) groups excluding carboxylic acids is 1. The number of carbonyl (C=O) groups is 1. The topological polar surface area (TPSA) is 108 Å². The molecule has 10 heteroatoms. The van der Waals surface area contributed by atoms with Gasteiger partial charge < -0.3 is 5.32 Å². The first-order valence-corrected chi connectivity index (χ1v) is 9.93. The third-order valence-corrected chi connectivity index (χ3v) is 5.17. The van der Waals surface area contributed by atoms with Crippen molar-refractivity contribution in [2.75, 3.05) is 6.54 Å². The van der Waals surface area contributed by atoms with Gasteiger partial charge in [-0.15, -0.1) is 5.10 Å². The van der Waals surface area contributed by atoms with Crippen LogP contribution in [-0.4, -0.2) is 31.6 Å². The fourth-order valence-electron chi connectivity index (χ4n) is 3.41. The first-order valence-electron chi connectivity index (χ1n) is 9.53. The number of nitrogens with zero attached hydrogens (tertiary/aromatic N) is 4. The number of hydrogen-bond donors (Lipinski definition) is 2. The Balaban J connectivity index is 1.47. The lowest BCUT2D eigenvalue weighted by Crippen LogP contribution is -2.29. The van der Waals surface area contributed by atoms with Gasteiger partial charge in [0.15, 0.2) is 0 Å². The van der Waals surface area contributed by atoms with Gasteiger partial charge in [0.1, 0.15) is 5.82 Å². The highest BCUT2D eigenvalue weighted by Crippen LogP contribution is 2.15. The van der Waals surface area contributed by atoms with Crippen molar-refractivity contribution in [3.63, 3.8) is 0 Å². The molecule has 0 aliphatic rings. The van der Waals surface area contributed by atoms with Crippen molar-refractivity contribution in [3.05, 3.63) is 74.5 Å². The molecule has 0 aliphatic heterocycles. The zero-order valence-corrected chi connectivity index (χ0v) is 17.1. The van der Waals surface area contributed by atoms with Gasteiger partial charge in [0.25, 0.3) is 5.56 Å². The van der Waals surface area contributed by atoms with Gasteiger partial charge in [-0.2, -0.15) is 5.26 Å². The lowest BCUT2D eigenvalue weighted by molar-refractivity contribution is -0.120. The molecule has 0 spiro atoms. The van der Waals surface area contributed by atoms with Crippen molar-refractivity contribution < 1.29 is 9.18 Å². The van der Waals surface area contributed by atoms with Gasteiger partial charge in [-0.1, -0.05) is 12.1 Å². The summed E-state index contributed by atoms with van der Waals surface area (Å²) in [6, 6.07) is 12.8. The summed E-state index contributed by atoms with van der Waals surface area (Å²) in [5, 5.41) is 18.6. The van der Waals surface area contributed by atoms with E-state index < -0.39 is 5.82 Å². The van der Waals surface area contributed by atoms with E-state index in [1.807, 2.05) is 6.07 Å². The van der Waals surface area contributed by atoms with Crippen molar-refractivity contribution in [3.8, 4) is 6.07 Å². The predicted molar refractivity (Wildman–Crippen MR) is 115 cm³/mol. The highest BCUT2D eigenvalue weighted by atomic mass is 32.1. The highest BCUT2D eigenvalue weighted by molar-refractivity contribution is 7.71. The molecule has 2 aromatic heterocycles. The third-order valence-electron chi connectivity index (χ3n) is 4.90. The van der Waals surface area contributed by atoms with E-state index in [0.717, 1.165) is 5.56 Å². The molecule has 0 atom stereocenters. The van der Waals surface area contributed by atoms with Crippen LogP contribution < -0.4 is 10.9 Å². The predicted octanol–water partition coefficient (Wildman–Crippen LogP) is 2.47. The van der Waals surface area contributed by atoms with E-state index >= 15 is 0 Å². The Morgan fingerprint density at radius 3 is 2.77 bits per heavy atom. The van der Waals surface area contributed by atoms with Crippen LogP contribution in [0.15, 0.2) is 47.3 Å². The fourth-order valence-corrected chi connectivity index (χ4v) is 3.63. The summed E-state index contributed by atoms with van der Waals surface area (Å²) >= 11 is 5.26. The van der Waals surface area contributed by atoms with Crippen molar-refractivity contribution in [2.24, 2.45) is 0 Å². The zero-order valence-electron chi connectivity index (χ0n) is 16.3. The van der Waals surface area contributed by atoms with E-state index in [2.05, 4.69) is 15.5 Å². The van der Waals surface area contributed by atoms with Crippen LogP contribution in [0.5, 0.6) is 0 Å². The Hall–Kier alpha value is -3.84. The zero-order chi connectivity index (χ0) is 22.0. The SMILES string of the molecule is N#Cc1ccc(CC(=O)NCCCn2c(=O)c3cc(F)ccc3n3c(=S)[nH]nc23)cc1.